The van der Waals surface area contributed by atoms with Gasteiger partial charge in [0.05, 0.1) is 12.0 Å². The number of aliphatic hydroxyl groups is 3. The van der Waals surface area contributed by atoms with Gasteiger partial charge in [-0.05, 0) is 48.6 Å². The second-order valence-electron chi connectivity index (χ2n) is 11.8. The predicted molar refractivity (Wildman–Crippen MR) is 150 cm³/mol. The van der Waals surface area contributed by atoms with Gasteiger partial charge in [-0.2, -0.15) is 0 Å². The summed E-state index contributed by atoms with van der Waals surface area (Å²) in [6, 6.07) is 17.4. The fraction of sp³-hybridized carbons (Fsp3) is 0.562. The maximum Gasteiger partial charge on any atom is 0.336 e. The molecule has 4 rings (SSSR count). The molecule has 0 saturated heterocycles. The van der Waals surface area contributed by atoms with E-state index in [1.54, 1.807) is 0 Å². The lowest BCUT2D eigenvalue weighted by atomic mass is 9.92. The Balaban J connectivity index is 1.49. The Bertz CT molecular complexity index is 1060. The van der Waals surface area contributed by atoms with Gasteiger partial charge in [0.25, 0.3) is 0 Å². The van der Waals surface area contributed by atoms with Crippen molar-refractivity contribution in [3.8, 4) is 0 Å². The number of fused-ring (bicyclic) bond motifs is 1. The zero-order valence-corrected chi connectivity index (χ0v) is 22.9. The summed E-state index contributed by atoms with van der Waals surface area (Å²) in [5, 5.41) is 33.2. The molecule has 0 heterocycles. The SMILES string of the molecule is CC(C)CN(C[C@@H](O)C[C@@H](Cc1ccccc1)C(O)=[NH+]C1c2ccccc2C[C@H]1O)C(=O)CC1CCCC1. The number of amides is 1. The van der Waals surface area contributed by atoms with Crippen molar-refractivity contribution >= 4 is 11.8 Å². The Hall–Kier alpha value is -2.70. The smallest absolute Gasteiger partial charge is 0.336 e. The van der Waals surface area contributed by atoms with Crippen molar-refractivity contribution < 1.29 is 25.1 Å². The fourth-order valence-corrected chi connectivity index (χ4v) is 6.18. The molecule has 2 aliphatic rings. The number of nitrogens with zero attached hydrogens (tertiary/aromatic N) is 1. The van der Waals surface area contributed by atoms with Gasteiger partial charge in [0.2, 0.25) is 11.9 Å². The van der Waals surface area contributed by atoms with E-state index in [1.165, 1.54) is 12.8 Å². The van der Waals surface area contributed by atoms with E-state index < -0.39 is 18.2 Å². The summed E-state index contributed by atoms with van der Waals surface area (Å²) < 4.78 is 0. The number of aliphatic hydroxyl groups excluding tert-OH is 3. The molecule has 206 valence electrons. The summed E-state index contributed by atoms with van der Waals surface area (Å²) >= 11 is 0. The van der Waals surface area contributed by atoms with Crippen LogP contribution in [0, 0.1) is 17.8 Å². The highest BCUT2D eigenvalue weighted by atomic mass is 16.3. The van der Waals surface area contributed by atoms with Gasteiger partial charge in [0.15, 0.2) is 0 Å². The summed E-state index contributed by atoms with van der Waals surface area (Å²) in [4.78, 5) is 18.2. The highest BCUT2D eigenvalue weighted by molar-refractivity contribution is 5.76. The van der Waals surface area contributed by atoms with Gasteiger partial charge in [-0.15, -0.1) is 0 Å². The third kappa shape index (κ3) is 7.67. The molecule has 2 aliphatic carbocycles. The zero-order chi connectivity index (χ0) is 27.1. The molecule has 6 nitrogen and oxygen atoms in total. The van der Waals surface area contributed by atoms with Crippen LogP contribution >= 0.6 is 0 Å². The van der Waals surface area contributed by atoms with E-state index in [1.807, 2.05) is 59.5 Å². The van der Waals surface area contributed by atoms with Crippen LogP contribution < -0.4 is 4.99 Å². The molecule has 2 aromatic carbocycles. The van der Waals surface area contributed by atoms with Crippen LogP contribution in [0.2, 0.25) is 0 Å². The van der Waals surface area contributed by atoms with E-state index in [4.69, 9.17) is 0 Å². The second kappa shape index (κ2) is 13.4. The van der Waals surface area contributed by atoms with Gasteiger partial charge in [-0.1, -0.05) is 81.3 Å². The van der Waals surface area contributed by atoms with Gasteiger partial charge < -0.3 is 20.2 Å². The van der Waals surface area contributed by atoms with E-state index in [9.17, 15) is 20.1 Å². The first kappa shape index (κ1) is 28.3. The van der Waals surface area contributed by atoms with Crippen molar-refractivity contribution in [2.75, 3.05) is 13.1 Å². The van der Waals surface area contributed by atoms with Gasteiger partial charge in [-0.3, -0.25) is 4.79 Å². The normalized spacial score (nSPS) is 21.4. The first-order valence-electron chi connectivity index (χ1n) is 14.4. The van der Waals surface area contributed by atoms with Crippen LogP contribution in [0.1, 0.15) is 75.1 Å². The summed E-state index contributed by atoms with van der Waals surface area (Å²) in [6.07, 6.45) is 5.19. The highest BCUT2D eigenvalue weighted by Gasteiger charge is 2.37. The molecule has 0 radical (unpaired) electrons. The Morgan fingerprint density at radius 1 is 1.03 bits per heavy atom. The van der Waals surface area contributed by atoms with Crippen LogP contribution in [0.5, 0.6) is 0 Å². The van der Waals surface area contributed by atoms with E-state index in [2.05, 4.69) is 18.8 Å². The van der Waals surface area contributed by atoms with E-state index in [-0.39, 0.29) is 24.3 Å². The third-order valence-corrected chi connectivity index (χ3v) is 8.08. The number of carbonyl (C=O) groups excluding carboxylic acids is 1. The minimum atomic E-state index is -0.778. The third-order valence-electron chi connectivity index (χ3n) is 8.08. The van der Waals surface area contributed by atoms with Gasteiger partial charge >= 0.3 is 5.90 Å². The van der Waals surface area contributed by atoms with Crippen molar-refractivity contribution in [2.45, 2.75) is 83.5 Å². The van der Waals surface area contributed by atoms with Gasteiger partial charge in [0, 0.05) is 31.5 Å². The quantitative estimate of drug-likeness (QED) is 0.255. The van der Waals surface area contributed by atoms with Gasteiger partial charge in [0.1, 0.15) is 6.10 Å². The minimum Gasteiger partial charge on any atom is -0.463 e. The van der Waals surface area contributed by atoms with E-state index in [0.29, 0.717) is 44.1 Å². The molecule has 0 aliphatic heterocycles. The lowest BCUT2D eigenvalue weighted by Gasteiger charge is -2.29. The molecule has 1 amide bonds. The number of rotatable bonds is 12. The first-order chi connectivity index (χ1) is 18.3. The summed E-state index contributed by atoms with van der Waals surface area (Å²) in [5.41, 5.74) is 3.13. The summed E-state index contributed by atoms with van der Waals surface area (Å²) in [6.45, 7) is 5.06. The zero-order valence-electron chi connectivity index (χ0n) is 22.9. The van der Waals surface area contributed by atoms with Crippen molar-refractivity contribution in [3.05, 3.63) is 71.3 Å². The van der Waals surface area contributed by atoms with Crippen molar-refractivity contribution in [3.63, 3.8) is 0 Å². The molecule has 1 fully saturated rings. The number of hydrogen-bond donors (Lipinski definition) is 4. The molecule has 6 heteroatoms. The summed E-state index contributed by atoms with van der Waals surface area (Å²) in [5.74, 6) is 0.587. The molecule has 0 aromatic heterocycles. The van der Waals surface area contributed by atoms with Crippen LogP contribution in [-0.4, -0.2) is 57.3 Å². The molecule has 1 unspecified atom stereocenters. The first-order valence-corrected chi connectivity index (χ1v) is 14.4. The Morgan fingerprint density at radius 2 is 1.71 bits per heavy atom. The number of carbonyl (C=O) groups is 1. The van der Waals surface area contributed by atoms with Crippen LogP contribution in [0.4, 0.5) is 0 Å². The number of benzene rings is 2. The van der Waals surface area contributed by atoms with E-state index >= 15 is 0 Å². The maximum atomic E-state index is 13.2. The molecule has 0 bridgehead atoms. The highest BCUT2D eigenvalue weighted by Crippen LogP contribution is 2.29. The van der Waals surface area contributed by atoms with Gasteiger partial charge in [-0.25, -0.2) is 4.99 Å². The van der Waals surface area contributed by atoms with Crippen LogP contribution in [0.15, 0.2) is 54.6 Å². The largest absolute Gasteiger partial charge is 0.463 e. The molecular formula is C32H45N2O4+. The summed E-state index contributed by atoms with van der Waals surface area (Å²) in [7, 11) is 0. The standard InChI is InChI=1S/C32H44N2O4/c1-22(2)20-34(30(37)17-24-12-6-7-13-24)21-27(35)18-26(16-23-10-4-3-5-11-23)32(38)33-31-28-15-9-8-14-25(28)19-29(31)36/h3-5,8-11,14-15,22,24,26-27,29,31,35-36H,6-7,12-13,16-21H2,1-2H3,(H,33,38)/p+1/t26-,27+,29-,31?/m1/s1. The monoisotopic (exact) mass is 521 g/mol. The molecule has 4 N–H and O–H groups in total. The van der Waals surface area contributed by atoms with Crippen LogP contribution in [0.25, 0.3) is 0 Å². The average molecular weight is 522 g/mol. The average Bonchev–Trinajstić information content (AvgIpc) is 3.51. The molecule has 38 heavy (non-hydrogen) atoms. The molecular weight excluding hydrogens is 476 g/mol. The number of hydrogen-bond acceptors (Lipinski definition) is 3. The van der Waals surface area contributed by atoms with Crippen molar-refractivity contribution in [1.82, 2.24) is 4.90 Å². The predicted octanol–water partition coefficient (Wildman–Crippen LogP) is 3.36. The Kier molecular flexibility index (Phi) is 9.97. The van der Waals surface area contributed by atoms with E-state index in [0.717, 1.165) is 29.5 Å². The Labute approximate surface area is 227 Å². The molecule has 4 atom stereocenters. The van der Waals surface area contributed by atoms with Crippen LogP contribution in [0.3, 0.4) is 0 Å². The lowest BCUT2D eigenvalue weighted by Crippen LogP contribution is -2.78. The number of nitrogens with one attached hydrogen (secondary N) is 1. The molecule has 0 spiro atoms. The minimum absolute atomic E-state index is 0.0707. The topological polar surface area (TPSA) is 95.0 Å². The second-order valence-corrected chi connectivity index (χ2v) is 11.8. The van der Waals surface area contributed by atoms with Crippen LogP contribution in [-0.2, 0) is 17.6 Å². The molecule has 2 aromatic rings. The van der Waals surface area contributed by atoms with Crippen molar-refractivity contribution in [2.24, 2.45) is 17.8 Å². The van der Waals surface area contributed by atoms with Crippen molar-refractivity contribution in [1.29, 1.82) is 0 Å². The molecule has 1 saturated carbocycles. The Morgan fingerprint density at radius 3 is 2.42 bits per heavy atom. The lowest BCUT2D eigenvalue weighted by molar-refractivity contribution is -0.531. The maximum absolute atomic E-state index is 13.2. The fourth-order valence-electron chi connectivity index (χ4n) is 6.18.